The molecule has 2 aromatic rings. The molecule has 6 nitrogen and oxygen atoms in total. The molecule has 0 radical (unpaired) electrons. The number of amides is 2. The summed E-state index contributed by atoms with van der Waals surface area (Å²) in [5.41, 5.74) is 1.90. The first-order valence-electron chi connectivity index (χ1n) is 9.02. The number of nitrogens with one attached hydrogen (secondary N) is 2. The number of urea groups is 1. The highest BCUT2D eigenvalue weighted by Crippen LogP contribution is 2.12. The van der Waals surface area contributed by atoms with Gasteiger partial charge in [0.1, 0.15) is 0 Å². The van der Waals surface area contributed by atoms with Gasteiger partial charge in [0.05, 0.1) is 6.54 Å². The highest BCUT2D eigenvalue weighted by molar-refractivity contribution is 5.89. The van der Waals surface area contributed by atoms with Crippen LogP contribution in [0.1, 0.15) is 25.3 Å². The van der Waals surface area contributed by atoms with E-state index in [-0.39, 0.29) is 6.03 Å². The van der Waals surface area contributed by atoms with Crippen molar-refractivity contribution in [3.05, 3.63) is 48.3 Å². The number of anilines is 1. The van der Waals surface area contributed by atoms with Gasteiger partial charge in [-0.1, -0.05) is 19.1 Å². The van der Waals surface area contributed by atoms with Gasteiger partial charge in [-0.05, 0) is 55.6 Å². The smallest absolute Gasteiger partial charge is 0.319 e. The van der Waals surface area contributed by atoms with Crippen LogP contribution in [0.4, 0.5) is 10.5 Å². The topological polar surface area (TPSA) is 62.2 Å². The Kier molecular flexibility index (Phi) is 6.06. The molecular weight excluding hydrogens is 314 g/mol. The van der Waals surface area contributed by atoms with Gasteiger partial charge in [-0.15, -0.1) is 0 Å². The van der Waals surface area contributed by atoms with Crippen LogP contribution in [-0.2, 0) is 6.54 Å². The zero-order chi connectivity index (χ0) is 17.5. The summed E-state index contributed by atoms with van der Waals surface area (Å²) in [6.45, 7) is 7.01. The number of rotatable bonds is 7. The highest BCUT2D eigenvalue weighted by Gasteiger charge is 2.15. The summed E-state index contributed by atoms with van der Waals surface area (Å²) in [6.07, 6.45) is 6.29. The Morgan fingerprint density at radius 2 is 2.12 bits per heavy atom. The van der Waals surface area contributed by atoms with E-state index in [0.29, 0.717) is 19.0 Å². The van der Waals surface area contributed by atoms with Crippen molar-refractivity contribution < 1.29 is 4.79 Å². The molecule has 0 aliphatic carbocycles. The molecule has 1 aliphatic rings. The Bertz CT molecular complexity index is 664. The number of aromatic nitrogens is 2. The summed E-state index contributed by atoms with van der Waals surface area (Å²) >= 11 is 0. The number of carbonyl (C=O) groups is 1. The van der Waals surface area contributed by atoms with Gasteiger partial charge in [0.2, 0.25) is 0 Å². The minimum absolute atomic E-state index is 0.149. The first-order valence-corrected chi connectivity index (χ1v) is 9.02. The molecule has 25 heavy (non-hydrogen) atoms. The minimum Gasteiger partial charge on any atom is -0.338 e. The molecule has 0 spiro atoms. The molecule has 1 atom stereocenters. The van der Waals surface area contributed by atoms with Gasteiger partial charge < -0.3 is 15.5 Å². The van der Waals surface area contributed by atoms with Crippen LogP contribution in [0.3, 0.4) is 0 Å². The van der Waals surface area contributed by atoms with Gasteiger partial charge in [0, 0.05) is 31.2 Å². The molecule has 1 aliphatic heterocycles. The van der Waals surface area contributed by atoms with Crippen LogP contribution in [0.25, 0.3) is 0 Å². The lowest BCUT2D eigenvalue weighted by Crippen LogP contribution is -2.36. The highest BCUT2D eigenvalue weighted by atomic mass is 16.2. The zero-order valence-electron chi connectivity index (χ0n) is 14.8. The van der Waals surface area contributed by atoms with Crippen LogP contribution in [0.15, 0.2) is 42.7 Å². The maximum atomic E-state index is 12.1. The second kappa shape index (κ2) is 8.67. The third-order valence-corrected chi connectivity index (χ3v) is 4.47. The maximum Gasteiger partial charge on any atom is 0.319 e. The van der Waals surface area contributed by atoms with Crippen molar-refractivity contribution >= 4 is 11.7 Å². The molecule has 0 bridgehead atoms. The van der Waals surface area contributed by atoms with Crippen molar-refractivity contribution in [2.75, 3.05) is 31.5 Å². The van der Waals surface area contributed by atoms with E-state index in [1.54, 1.807) is 6.20 Å². The fourth-order valence-corrected chi connectivity index (χ4v) is 3.24. The fraction of sp³-hybridized carbons (Fsp3) is 0.474. The van der Waals surface area contributed by atoms with Gasteiger partial charge in [-0.3, -0.25) is 4.68 Å². The molecular formula is C19H27N5O. The zero-order valence-corrected chi connectivity index (χ0v) is 14.8. The number of likely N-dealkylation sites (tertiary alicyclic amines) is 1. The molecule has 0 unspecified atom stereocenters. The SMILES string of the molecule is C[C@@H](CNC(=O)Nc1cccc(Cn2cccn2)c1)CN1CCCC1. The van der Waals surface area contributed by atoms with Crippen LogP contribution >= 0.6 is 0 Å². The third-order valence-electron chi connectivity index (χ3n) is 4.47. The molecule has 134 valence electrons. The maximum absolute atomic E-state index is 12.1. The summed E-state index contributed by atoms with van der Waals surface area (Å²) in [6, 6.07) is 9.62. The van der Waals surface area contributed by atoms with Crippen LogP contribution in [0.5, 0.6) is 0 Å². The van der Waals surface area contributed by atoms with Crippen molar-refractivity contribution in [3.63, 3.8) is 0 Å². The lowest BCUT2D eigenvalue weighted by atomic mass is 10.1. The molecule has 2 heterocycles. The van der Waals surface area contributed by atoms with Crippen molar-refractivity contribution in [1.29, 1.82) is 0 Å². The molecule has 1 aromatic carbocycles. The largest absolute Gasteiger partial charge is 0.338 e. The van der Waals surface area contributed by atoms with E-state index in [4.69, 9.17) is 0 Å². The number of hydrogen-bond acceptors (Lipinski definition) is 3. The molecule has 1 saturated heterocycles. The van der Waals surface area contributed by atoms with Crippen LogP contribution < -0.4 is 10.6 Å². The molecule has 0 saturated carbocycles. The minimum atomic E-state index is -0.149. The Morgan fingerprint density at radius 1 is 1.28 bits per heavy atom. The monoisotopic (exact) mass is 341 g/mol. The van der Waals surface area contributed by atoms with Gasteiger partial charge in [0.15, 0.2) is 0 Å². The van der Waals surface area contributed by atoms with E-state index in [1.807, 2.05) is 41.2 Å². The van der Waals surface area contributed by atoms with Crippen LogP contribution in [0.2, 0.25) is 0 Å². The predicted molar refractivity (Wildman–Crippen MR) is 99.6 cm³/mol. The van der Waals surface area contributed by atoms with Crippen molar-refractivity contribution in [3.8, 4) is 0 Å². The van der Waals surface area contributed by atoms with E-state index in [1.165, 1.54) is 25.9 Å². The van der Waals surface area contributed by atoms with E-state index in [2.05, 4.69) is 27.6 Å². The van der Waals surface area contributed by atoms with Crippen molar-refractivity contribution in [2.24, 2.45) is 5.92 Å². The summed E-state index contributed by atoms with van der Waals surface area (Å²) in [5, 5.41) is 10.1. The second-order valence-corrected chi connectivity index (χ2v) is 6.85. The standard InChI is InChI=1S/C19H27N5O/c1-16(14-23-9-2-3-10-23)13-20-19(25)22-18-7-4-6-17(12-18)15-24-11-5-8-21-24/h4-8,11-12,16H,2-3,9-10,13-15H2,1H3,(H2,20,22,25)/t16-/m0/s1. The number of carbonyl (C=O) groups excluding carboxylic acids is 1. The summed E-state index contributed by atoms with van der Waals surface area (Å²) < 4.78 is 1.86. The lowest BCUT2D eigenvalue weighted by molar-refractivity contribution is 0.245. The number of hydrogen-bond donors (Lipinski definition) is 2. The molecule has 1 fully saturated rings. The second-order valence-electron chi connectivity index (χ2n) is 6.85. The first kappa shape index (κ1) is 17.5. The van der Waals surface area contributed by atoms with Crippen LogP contribution in [-0.4, -0.2) is 46.9 Å². The summed E-state index contributed by atoms with van der Waals surface area (Å²) in [4.78, 5) is 14.6. The van der Waals surface area contributed by atoms with Gasteiger partial charge in [-0.2, -0.15) is 5.10 Å². The average Bonchev–Trinajstić information content (AvgIpc) is 3.27. The third kappa shape index (κ3) is 5.60. The molecule has 2 amide bonds. The Balaban J connectivity index is 1.44. The normalized spacial score (nSPS) is 15.9. The van der Waals surface area contributed by atoms with Crippen LogP contribution in [0, 0.1) is 5.92 Å². The first-order chi connectivity index (χ1) is 12.2. The Labute approximate surface area is 149 Å². The molecule has 6 heteroatoms. The van der Waals surface area contributed by atoms with E-state index < -0.39 is 0 Å². The molecule has 3 rings (SSSR count). The Hall–Kier alpha value is -2.34. The van der Waals surface area contributed by atoms with Crippen molar-refractivity contribution in [1.82, 2.24) is 20.0 Å². The summed E-state index contributed by atoms with van der Waals surface area (Å²) in [7, 11) is 0. The quantitative estimate of drug-likeness (QED) is 0.814. The molecule has 1 aromatic heterocycles. The van der Waals surface area contributed by atoms with Gasteiger partial charge >= 0.3 is 6.03 Å². The summed E-state index contributed by atoms with van der Waals surface area (Å²) in [5.74, 6) is 0.454. The van der Waals surface area contributed by atoms with Gasteiger partial charge in [0.25, 0.3) is 0 Å². The number of nitrogens with zero attached hydrogens (tertiary/aromatic N) is 3. The van der Waals surface area contributed by atoms with E-state index in [0.717, 1.165) is 17.8 Å². The van der Waals surface area contributed by atoms with E-state index in [9.17, 15) is 4.79 Å². The predicted octanol–water partition coefficient (Wildman–Crippen LogP) is 2.78. The lowest BCUT2D eigenvalue weighted by Gasteiger charge is -2.20. The number of benzene rings is 1. The average molecular weight is 341 g/mol. The van der Waals surface area contributed by atoms with Gasteiger partial charge in [-0.25, -0.2) is 4.79 Å². The van der Waals surface area contributed by atoms with Crippen molar-refractivity contribution in [2.45, 2.75) is 26.3 Å². The fourth-order valence-electron chi connectivity index (χ4n) is 3.24. The molecule has 2 N–H and O–H groups in total. The van der Waals surface area contributed by atoms with E-state index >= 15 is 0 Å². The Morgan fingerprint density at radius 3 is 2.88 bits per heavy atom.